The van der Waals surface area contributed by atoms with Gasteiger partial charge in [-0.1, -0.05) is 17.8 Å². The van der Waals surface area contributed by atoms with Gasteiger partial charge in [0.2, 0.25) is 0 Å². The van der Waals surface area contributed by atoms with Gasteiger partial charge in [0.15, 0.2) is 15.0 Å². The molecule has 0 aliphatic carbocycles. The van der Waals surface area contributed by atoms with Crippen molar-refractivity contribution < 1.29 is 8.42 Å². The normalized spacial score (nSPS) is 23.9. The van der Waals surface area contributed by atoms with Crippen LogP contribution in [0.5, 0.6) is 0 Å². The van der Waals surface area contributed by atoms with E-state index in [2.05, 4.69) is 19.1 Å². The quantitative estimate of drug-likeness (QED) is 0.687. The summed E-state index contributed by atoms with van der Waals surface area (Å²) in [5.41, 5.74) is 4.13. The summed E-state index contributed by atoms with van der Waals surface area (Å²) in [4.78, 5) is 6.58. The van der Waals surface area contributed by atoms with E-state index in [1.807, 2.05) is 35.2 Å². The van der Waals surface area contributed by atoms with E-state index in [1.165, 1.54) is 22.0 Å². The van der Waals surface area contributed by atoms with Crippen molar-refractivity contribution >= 4 is 54.0 Å². The van der Waals surface area contributed by atoms with Crippen molar-refractivity contribution in [3.05, 3.63) is 48.0 Å². The second-order valence-corrected chi connectivity index (χ2v) is 11.4. The molecular weight excluding hydrogens is 398 g/mol. The molecule has 5 rings (SSSR count). The average molecular weight is 416 g/mol. The van der Waals surface area contributed by atoms with Gasteiger partial charge in [-0.3, -0.25) is 5.41 Å². The Morgan fingerprint density at radius 2 is 1.93 bits per heavy atom. The number of aromatic nitrogens is 1. The molecule has 0 spiro atoms. The van der Waals surface area contributed by atoms with E-state index in [4.69, 9.17) is 10.4 Å². The second kappa shape index (κ2) is 6.05. The number of hydrogen-bond acceptors (Lipinski definition) is 6. The fourth-order valence-corrected chi connectivity index (χ4v) is 8.59. The van der Waals surface area contributed by atoms with Gasteiger partial charge in [-0.15, -0.1) is 11.3 Å². The number of thioether (sulfide) groups is 1. The van der Waals surface area contributed by atoms with Gasteiger partial charge in [-0.05, 0) is 48.9 Å². The monoisotopic (exact) mass is 415 g/mol. The molecule has 0 amide bonds. The lowest BCUT2D eigenvalue weighted by Gasteiger charge is -2.24. The number of rotatable bonds is 2. The van der Waals surface area contributed by atoms with Crippen molar-refractivity contribution in [3.8, 4) is 10.6 Å². The van der Waals surface area contributed by atoms with Gasteiger partial charge in [0.05, 0.1) is 27.8 Å². The molecule has 27 heavy (non-hydrogen) atoms. The van der Waals surface area contributed by atoms with Crippen LogP contribution in [-0.4, -0.2) is 41.4 Å². The van der Waals surface area contributed by atoms with Crippen molar-refractivity contribution in [2.75, 3.05) is 16.4 Å². The third-order valence-electron chi connectivity index (χ3n) is 5.02. The first kappa shape index (κ1) is 17.2. The number of nitrogens with one attached hydrogen (secondary N) is 1. The first-order valence-electron chi connectivity index (χ1n) is 8.62. The summed E-state index contributed by atoms with van der Waals surface area (Å²) in [5.74, 6) is 0.302. The largest absolute Gasteiger partial charge is 0.316 e. The lowest BCUT2D eigenvalue weighted by Crippen LogP contribution is -2.37. The van der Waals surface area contributed by atoms with Crippen molar-refractivity contribution in [3.63, 3.8) is 0 Å². The standard InChI is InChI=1S/C19H17N3O2S3/c1-11-2-7-14-16(8-11)25-18(21-14)12-3-5-13(6-4-12)22-15-9-27(23,24)10-17(15)26-19(22)20/h2-8,15,17,20H,9-10H2,1H3/t15-,17+/m0/s1. The first-order chi connectivity index (χ1) is 12.9. The highest BCUT2D eigenvalue weighted by molar-refractivity contribution is 8.15. The van der Waals surface area contributed by atoms with Crippen LogP contribution in [0.1, 0.15) is 5.56 Å². The predicted molar refractivity (Wildman–Crippen MR) is 114 cm³/mol. The predicted octanol–water partition coefficient (Wildman–Crippen LogP) is 3.93. The number of amidine groups is 1. The topological polar surface area (TPSA) is 74.1 Å². The highest BCUT2D eigenvalue weighted by Crippen LogP contribution is 2.41. The maximum absolute atomic E-state index is 12.0. The van der Waals surface area contributed by atoms with E-state index in [0.717, 1.165) is 21.8 Å². The Morgan fingerprint density at radius 3 is 2.70 bits per heavy atom. The van der Waals surface area contributed by atoms with Crippen LogP contribution in [0, 0.1) is 12.3 Å². The minimum absolute atomic E-state index is 0.0327. The Hall–Kier alpha value is -1.90. The zero-order valence-corrected chi connectivity index (χ0v) is 17.0. The molecule has 2 fully saturated rings. The second-order valence-electron chi connectivity index (χ2n) is 7.01. The van der Waals surface area contributed by atoms with Gasteiger partial charge in [-0.2, -0.15) is 0 Å². The third kappa shape index (κ3) is 2.96. The number of sulfone groups is 1. The third-order valence-corrected chi connectivity index (χ3v) is 9.22. The van der Waals surface area contributed by atoms with Crippen molar-refractivity contribution in [2.24, 2.45) is 0 Å². The van der Waals surface area contributed by atoms with Crippen LogP contribution in [-0.2, 0) is 9.84 Å². The van der Waals surface area contributed by atoms with Crippen molar-refractivity contribution in [2.45, 2.75) is 18.2 Å². The molecule has 1 aromatic heterocycles. The van der Waals surface area contributed by atoms with E-state index in [9.17, 15) is 8.42 Å². The minimum atomic E-state index is -3.01. The Kier molecular flexibility index (Phi) is 3.86. The molecule has 2 aliphatic rings. The Balaban J connectivity index is 1.47. The van der Waals surface area contributed by atoms with Crippen LogP contribution >= 0.6 is 23.1 Å². The van der Waals surface area contributed by atoms with Gasteiger partial charge in [0.1, 0.15) is 5.01 Å². The molecule has 138 valence electrons. The Labute approximate surface area is 165 Å². The SMILES string of the molecule is Cc1ccc2nc(-c3ccc(N4C(=N)S[C@@H]5CS(=O)(=O)C[C@@H]54)cc3)sc2c1. The number of benzene rings is 2. The smallest absolute Gasteiger partial charge is 0.161 e. The van der Waals surface area contributed by atoms with E-state index in [0.29, 0.717) is 5.17 Å². The molecular formula is C19H17N3O2S3. The van der Waals surface area contributed by atoms with Gasteiger partial charge in [0, 0.05) is 16.5 Å². The molecule has 2 atom stereocenters. The fourth-order valence-electron chi connectivity index (χ4n) is 3.73. The maximum Gasteiger partial charge on any atom is 0.161 e. The fraction of sp³-hybridized carbons (Fsp3) is 0.263. The molecule has 3 aromatic rings. The number of fused-ring (bicyclic) bond motifs is 2. The lowest BCUT2D eigenvalue weighted by atomic mass is 10.1. The molecule has 0 unspecified atom stereocenters. The Morgan fingerprint density at radius 1 is 1.15 bits per heavy atom. The summed E-state index contributed by atoms with van der Waals surface area (Å²) in [6.07, 6.45) is 0. The summed E-state index contributed by atoms with van der Waals surface area (Å²) in [6, 6.07) is 14.1. The molecule has 2 aromatic carbocycles. The van der Waals surface area contributed by atoms with Crippen LogP contribution < -0.4 is 4.90 Å². The first-order valence-corrected chi connectivity index (χ1v) is 12.1. The molecule has 2 aliphatic heterocycles. The van der Waals surface area contributed by atoms with Gasteiger partial charge >= 0.3 is 0 Å². The molecule has 1 N–H and O–H groups in total. The maximum atomic E-state index is 12.0. The molecule has 8 heteroatoms. The van der Waals surface area contributed by atoms with Crippen molar-refractivity contribution in [1.82, 2.24) is 4.98 Å². The summed E-state index contributed by atoms with van der Waals surface area (Å²) in [6.45, 7) is 2.08. The number of thiazole rings is 1. The molecule has 0 bridgehead atoms. The summed E-state index contributed by atoms with van der Waals surface area (Å²) in [7, 11) is -3.01. The summed E-state index contributed by atoms with van der Waals surface area (Å²) >= 11 is 3.03. The van der Waals surface area contributed by atoms with E-state index >= 15 is 0 Å². The number of aryl methyl sites for hydroxylation is 1. The summed E-state index contributed by atoms with van der Waals surface area (Å²) < 4.78 is 25.1. The molecule has 5 nitrogen and oxygen atoms in total. The van der Waals surface area contributed by atoms with Gasteiger partial charge in [-0.25, -0.2) is 13.4 Å². The van der Waals surface area contributed by atoms with E-state index < -0.39 is 9.84 Å². The van der Waals surface area contributed by atoms with Crippen LogP contribution in [0.2, 0.25) is 0 Å². The average Bonchev–Trinajstić information content (AvgIpc) is 3.23. The molecule has 0 radical (unpaired) electrons. The highest BCUT2D eigenvalue weighted by atomic mass is 32.2. The molecule has 2 saturated heterocycles. The molecule has 3 heterocycles. The number of hydrogen-bond donors (Lipinski definition) is 1. The van der Waals surface area contributed by atoms with Gasteiger partial charge in [0.25, 0.3) is 0 Å². The lowest BCUT2D eigenvalue weighted by molar-refractivity contribution is 0.601. The number of anilines is 1. The number of nitrogens with zero attached hydrogens (tertiary/aromatic N) is 2. The zero-order valence-electron chi connectivity index (χ0n) is 14.5. The molecule has 0 saturated carbocycles. The van der Waals surface area contributed by atoms with Gasteiger partial charge < -0.3 is 4.90 Å². The Bertz CT molecular complexity index is 1170. The van der Waals surface area contributed by atoms with E-state index in [-0.39, 0.29) is 22.8 Å². The van der Waals surface area contributed by atoms with Crippen LogP contribution in [0.4, 0.5) is 5.69 Å². The minimum Gasteiger partial charge on any atom is -0.316 e. The summed E-state index contributed by atoms with van der Waals surface area (Å²) in [5, 5.41) is 9.63. The van der Waals surface area contributed by atoms with Crippen LogP contribution in [0.3, 0.4) is 0 Å². The van der Waals surface area contributed by atoms with Crippen LogP contribution in [0.25, 0.3) is 20.8 Å². The van der Waals surface area contributed by atoms with E-state index in [1.54, 1.807) is 11.3 Å². The van der Waals surface area contributed by atoms with Crippen molar-refractivity contribution in [1.29, 1.82) is 5.41 Å². The zero-order chi connectivity index (χ0) is 18.8. The van der Waals surface area contributed by atoms with Crippen LogP contribution in [0.15, 0.2) is 42.5 Å². The highest BCUT2D eigenvalue weighted by Gasteiger charge is 2.48.